The van der Waals surface area contributed by atoms with Crippen LogP contribution in [0, 0.1) is 5.41 Å². The van der Waals surface area contributed by atoms with Crippen LogP contribution in [0.15, 0.2) is 23.2 Å². The van der Waals surface area contributed by atoms with E-state index in [2.05, 4.69) is 22.1 Å². The van der Waals surface area contributed by atoms with Gasteiger partial charge in [0.25, 0.3) is 0 Å². The third-order valence-corrected chi connectivity index (χ3v) is 4.87. The lowest BCUT2D eigenvalue weighted by Crippen LogP contribution is -2.42. The Morgan fingerprint density at radius 1 is 1.39 bits per heavy atom. The van der Waals surface area contributed by atoms with Gasteiger partial charge in [0.05, 0.1) is 19.3 Å². The quantitative estimate of drug-likeness (QED) is 0.453. The molecule has 23 heavy (non-hydrogen) atoms. The van der Waals surface area contributed by atoms with Crippen LogP contribution in [0.2, 0.25) is 0 Å². The van der Waals surface area contributed by atoms with E-state index in [-0.39, 0.29) is 24.0 Å². The fourth-order valence-electron chi connectivity index (χ4n) is 3.44. The first-order valence-electron chi connectivity index (χ1n) is 8.28. The first-order chi connectivity index (χ1) is 10.7. The van der Waals surface area contributed by atoms with E-state index in [9.17, 15) is 0 Å². The summed E-state index contributed by atoms with van der Waals surface area (Å²) in [5.41, 5.74) is 1.53. The summed E-state index contributed by atoms with van der Waals surface area (Å²) in [7, 11) is 1.64. The molecule has 0 atom stereocenters. The summed E-state index contributed by atoms with van der Waals surface area (Å²) in [5, 5.41) is 3.43. The number of nitrogens with zero attached hydrogens (tertiary/aromatic N) is 3. The minimum Gasteiger partial charge on any atom is -0.481 e. The van der Waals surface area contributed by atoms with Crippen LogP contribution in [0.3, 0.4) is 0 Å². The monoisotopic (exact) mass is 430 g/mol. The van der Waals surface area contributed by atoms with Crippen molar-refractivity contribution in [2.24, 2.45) is 10.4 Å². The fourth-order valence-corrected chi connectivity index (χ4v) is 3.44. The number of rotatable bonds is 4. The fraction of sp³-hybridized carbons (Fsp3) is 0.647. The number of methoxy groups -OCH3 is 1. The summed E-state index contributed by atoms with van der Waals surface area (Å²) in [4.78, 5) is 11.6. The number of aromatic nitrogens is 1. The van der Waals surface area contributed by atoms with Gasteiger partial charge in [0.2, 0.25) is 5.88 Å². The van der Waals surface area contributed by atoms with Gasteiger partial charge in [-0.2, -0.15) is 0 Å². The zero-order chi connectivity index (χ0) is 15.4. The van der Waals surface area contributed by atoms with Crippen LogP contribution in [0.5, 0.6) is 5.88 Å². The van der Waals surface area contributed by atoms with Crippen molar-refractivity contribution in [2.45, 2.75) is 39.2 Å². The van der Waals surface area contributed by atoms with Gasteiger partial charge in [-0.25, -0.2) is 9.98 Å². The maximum atomic E-state index is 5.17. The molecule has 2 fully saturated rings. The standard InChI is InChI=1S/C17H26N4O.HI/c1-3-18-16(21-11-10-17(13-21)8-5-9-17)19-12-14-6-4-7-15(20-14)22-2;/h4,6-7H,3,5,8-13H2,1-2H3,(H,18,19);1H. The summed E-state index contributed by atoms with van der Waals surface area (Å²) < 4.78 is 5.17. The number of hydrogen-bond acceptors (Lipinski definition) is 3. The normalized spacial score (nSPS) is 19.2. The SMILES string of the molecule is CCNC(=NCc1cccc(OC)n1)N1CCC2(CCC2)C1.I. The lowest BCUT2D eigenvalue weighted by Gasteiger charge is -2.38. The molecule has 1 N–H and O–H groups in total. The number of likely N-dealkylation sites (tertiary alicyclic amines) is 1. The maximum Gasteiger partial charge on any atom is 0.213 e. The van der Waals surface area contributed by atoms with Crippen molar-refractivity contribution in [1.82, 2.24) is 15.2 Å². The average molecular weight is 430 g/mol. The second-order valence-electron chi connectivity index (χ2n) is 6.37. The van der Waals surface area contributed by atoms with Crippen LogP contribution >= 0.6 is 24.0 Å². The molecule has 1 spiro atoms. The second-order valence-corrected chi connectivity index (χ2v) is 6.37. The Labute approximate surface area is 155 Å². The van der Waals surface area contributed by atoms with Gasteiger partial charge in [-0.1, -0.05) is 12.5 Å². The molecule has 1 saturated carbocycles. The number of nitrogens with one attached hydrogen (secondary N) is 1. The van der Waals surface area contributed by atoms with Crippen LogP contribution < -0.4 is 10.1 Å². The van der Waals surface area contributed by atoms with Gasteiger partial charge < -0.3 is 15.0 Å². The van der Waals surface area contributed by atoms with Crippen LogP contribution in [0.25, 0.3) is 0 Å². The molecule has 1 saturated heterocycles. The molecule has 1 aromatic heterocycles. The minimum absolute atomic E-state index is 0. The molecule has 128 valence electrons. The Morgan fingerprint density at radius 2 is 2.22 bits per heavy atom. The van der Waals surface area contributed by atoms with Crippen molar-refractivity contribution >= 4 is 29.9 Å². The first-order valence-corrected chi connectivity index (χ1v) is 8.28. The molecular formula is C17H27IN4O. The van der Waals surface area contributed by atoms with Crippen LogP contribution in [-0.4, -0.2) is 42.6 Å². The topological polar surface area (TPSA) is 49.8 Å². The Hall–Kier alpha value is -1.05. The van der Waals surface area contributed by atoms with E-state index in [1.165, 1.54) is 25.7 Å². The summed E-state index contributed by atoms with van der Waals surface area (Å²) in [5.74, 6) is 1.67. The van der Waals surface area contributed by atoms with E-state index in [1.807, 2.05) is 18.2 Å². The molecule has 0 unspecified atom stereocenters. The van der Waals surface area contributed by atoms with Gasteiger partial charge >= 0.3 is 0 Å². The van der Waals surface area contributed by atoms with Crippen molar-refractivity contribution in [3.05, 3.63) is 23.9 Å². The van der Waals surface area contributed by atoms with Gasteiger partial charge in [-0.15, -0.1) is 24.0 Å². The molecule has 1 aromatic rings. The smallest absolute Gasteiger partial charge is 0.213 e. The molecule has 0 radical (unpaired) electrons. The van der Waals surface area contributed by atoms with Crippen molar-refractivity contribution in [3.63, 3.8) is 0 Å². The van der Waals surface area contributed by atoms with E-state index >= 15 is 0 Å². The van der Waals surface area contributed by atoms with Crippen LogP contribution in [0.1, 0.15) is 38.3 Å². The van der Waals surface area contributed by atoms with Crippen LogP contribution in [-0.2, 0) is 6.54 Å². The Morgan fingerprint density at radius 3 is 2.83 bits per heavy atom. The van der Waals surface area contributed by atoms with E-state index in [0.717, 1.165) is 31.3 Å². The largest absolute Gasteiger partial charge is 0.481 e. The Balaban J connectivity index is 0.00000192. The van der Waals surface area contributed by atoms with E-state index < -0.39 is 0 Å². The lowest BCUT2D eigenvalue weighted by molar-refractivity contribution is 0.151. The molecule has 0 bridgehead atoms. The van der Waals surface area contributed by atoms with Gasteiger partial charge in [-0.05, 0) is 37.7 Å². The van der Waals surface area contributed by atoms with Crippen LogP contribution in [0.4, 0.5) is 0 Å². The summed E-state index contributed by atoms with van der Waals surface area (Å²) in [6, 6.07) is 5.81. The predicted octanol–water partition coefficient (Wildman–Crippen LogP) is 3.05. The maximum absolute atomic E-state index is 5.17. The van der Waals surface area contributed by atoms with Gasteiger partial charge in [0, 0.05) is 25.7 Å². The summed E-state index contributed by atoms with van der Waals surface area (Å²) >= 11 is 0. The van der Waals surface area contributed by atoms with Gasteiger partial charge in [0.1, 0.15) is 0 Å². The molecule has 5 nitrogen and oxygen atoms in total. The molecule has 1 aliphatic carbocycles. The highest BCUT2D eigenvalue weighted by atomic mass is 127. The molecule has 3 rings (SSSR count). The molecule has 0 aromatic carbocycles. The number of ether oxygens (including phenoxy) is 1. The zero-order valence-corrected chi connectivity index (χ0v) is 16.4. The van der Waals surface area contributed by atoms with Crippen molar-refractivity contribution < 1.29 is 4.74 Å². The van der Waals surface area contributed by atoms with E-state index in [1.54, 1.807) is 7.11 Å². The van der Waals surface area contributed by atoms with Crippen molar-refractivity contribution in [1.29, 1.82) is 0 Å². The molecule has 1 aliphatic heterocycles. The van der Waals surface area contributed by atoms with Crippen molar-refractivity contribution in [2.75, 3.05) is 26.7 Å². The van der Waals surface area contributed by atoms with Gasteiger partial charge in [0.15, 0.2) is 5.96 Å². The Kier molecular flexibility index (Phi) is 6.50. The predicted molar refractivity (Wildman–Crippen MR) is 103 cm³/mol. The molecule has 2 heterocycles. The number of pyridine rings is 1. The lowest BCUT2D eigenvalue weighted by atomic mass is 9.68. The third-order valence-electron chi connectivity index (χ3n) is 4.87. The average Bonchev–Trinajstić information content (AvgIpc) is 2.97. The molecule has 0 amide bonds. The van der Waals surface area contributed by atoms with E-state index in [4.69, 9.17) is 9.73 Å². The summed E-state index contributed by atoms with van der Waals surface area (Å²) in [6.07, 6.45) is 5.49. The Bertz CT molecular complexity index is 545. The number of aliphatic imine (C=N–C) groups is 1. The third kappa shape index (κ3) is 4.28. The number of guanidine groups is 1. The van der Waals surface area contributed by atoms with Gasteiger partial charge in [-0.3, -0.25) is 0 Å². The highest BCUT2D eigenvalue weighted by Gasteiger charge is 2.43. The molecule has 2 aliphatic rings. The first kappa shape index (κ1) is 18.3. The second kappa shape index (κ2) is 8.17. The summed E-state index contributed by atoms with van der Waals surface area (Å²) in [6.45, 7) is 5.88. The number of hydrogen-bond donors (Lipinski definition) is 1. The highest BCUT2D eigenvalue weighted by Crippen LogP contribution is 2.47. The number of halogens is 1. The molecule has 6 heteroatoms. The van der Waals surface area contributed by atoms with Crippen molar-refractivity contribution in [3.8, 4) is 5.88 Å². The van der Waals surface area contributed by atoms with E-state index in [0.29, 0.717) is 17.8 Å². The highest BCUT2D eigenvalue weighted by molar-refractivity contribution is 14.0. The zero-order valence-electron chi connectivity index (χ0n) is 14.0. The minimum atomic E-state index is 0. The molecular weight excluding hydrogens is 403 g/mol.